The summed E-state index contributed by atoms with van der Waals surface area (Å²) in [5.74, 6) is -4.48. The van der Waals surface area contributed by atoms with Crippen molar-refractivity contribution in [2.24, 2.45) is 11.8 Å². The quantitative estimate of drug-likeness (QED) is 0.548. The van der Waals surface area contributed by atoms with Gasteiger partial charge < -0.3 is 19.9 Å². The summed E-state index contributed by atoms with van der Waals surface area (Å²) in [5.41, 5.74) is -2.66. The minimum absolute atomic E-state index is 0.0338. The van der Waals surface area contributed by atoms with Crippen molar-refractivity contribution < 1.29 is 33.0 Å². The molecule has 2 unspecified atom stereocenters. The number of aromatic hydroxyl groups is 1. The normalized spacial score (nSPS) is 19.4. The molecule has 1 aromatic carbocycles. The second kappa shape index (κ2) is 9.81. The number of pyridine rings is 1. The number of hydrogen-bond donors (Lipinski definition) is 2. The van der Waals surface area contributed by atoms with E-state index in [1.165, 1.54) is 24.4 Å². The molecule has 1 heterocycles. The van der Waals surface area contributed by atoms with Crippen LogP contribution < -0.4 is 20.5 Å². The number of esters is 1. The predicted octanol–water partition coefficient (Wildman–Crippen LogP) is 2.47. The van der Waals surface area contributed by atoms with Crippen LogP contribution in [0.1, 0.15) is 50.5 Å². The summed E-state index contributed by atoms with van der Waals surface area (Å²) in [6.45, 7) is 5.35. The maximum Gasteiger partial charge on any atom is 0.311 e. The van der Waals surface area contributed by atoms with Crippen LogP contribution in [0.2, 0.25) is 0 Å². The maximum atomic E-state index is 14.1. The number of nitrogens with zero attached hydrogens (tertiary/aromatic N) is 2. The van der Waals surface area contributed by atoms with Gasteiger partial charge in [-0.2, -0.15) is 5.26 Å². The van der Waals surface area contributed by atoms with Crippen molar-refractivity contribution >= 4 is 24.0 Å². The molecule has 1 fully saturated rings. The molecule has 0 aliphatic heterocycles. The zero-order valence-corrected chi connectivity index (χ0v) is 20.7. The summed E-state index contributed by atoms with van der Waals surface area (Å²) in [5, 5.41) is 23.7. The van der Waals surface area contributed by atoms with E-state index >= 15 is 0 Å². The Hall–Kier alpha value is -4.00. The van der Waals surface area contributed by atoms with E-state index in [0.29, 0.717) is 0 Å². The Labute approximate surface area is 212 Å². The molecule has 0 spiro atoms. The first-order chi connectivity index (χ1) is 17.4. The molecule has 4 rings (SSSR count). The number of amides is 1. The zero-order valence-electron chi connectivity index (χ0n) is 20.7. The molecule has 37 heavy (non-hydrogen) atoms. The molecule has 194 valence electrons. The molecule has 0 radical (unpaired) electrons. The van der Waals surface area contributed by atoms with Crippen LogP contribution >= 0.6 is 0 Å². The Balaban J connectivity index is 1.55. The van der Waals surface area contributed by atoms with E-state index in [1.54, 1.807) is 20.8 Å². The van der Waals surface area contributed by atoms with Crippen molar-refractivity contribution in [2.45, 2.75) is 51.2 Å². The number of nitriles is 1. The molecule has 1 aromatic heterocycles. The fourth-order valence-corrected chi connectivity index (χ4v) is 4.13. The Morgan fingerprint density at radius 3 is 2.57 bits per heavy atom. The number of fused-ring (bicyclic) bond motifs is 1. The first kappa shape index (κ1) is 26.1. The summed E-state index contributed by atoms with van der Waals surface area (Å²) < 4.78 is 39.1. The number of rotatable bonds is 7. The van der Waals surface area contributed by atoms with Gasteiger partial charge in [-0.25, -0.2) is 13.8 Å². The highest BCUT2D eigenvalue weighted by atomic mass is 19.1. The number of aromatic nitrogens is 1. The average molecular weight is 512 g/mol. The van der Waals surface area contributed by atoms with Crippen molar-refractivity contribution in [3.63, 3.8) is 0 Å². The van der Waals surface area contributed by atoms with Gasteiger partial charge >= 0.3 is 5.97 Å². The van der Waals surface area contributed by atoms with Crippen molar-refractivity contribution in [1.82, 2.24) is 10.3 Å². The number of nitrogens with one attached hydrogen (secondary N) is 1. The second-order valence-corrected chi connectivity index (χ2v) is 10.2. The summed E-state index contributed by atoms with van der Waals surface area (Å²) >= 11 is 0. The molecule has 2 aromatic rings. The highest BCUT2D eigenvalue weighted by Crippen LogP contribution is 2.38. The number of halogens is 2. The largest absolute Gasteiger partial charge is 0.505 e. The number of para-hydroxylation sites is 1. The van der Waals surface area contributed by atoms with Gasteiger partial charge in [-0.1, -0.05) is 12.1 Å². The lowest BCUT2D eigenvalue weighted by Crippen LogP contribution is -2.43. The first-order valence-electron chi connectivity index (χ1n) is 11.9. The van der Waals surface area contributed by atoms with E-state index in [2.05, 4.69) is 10.3 Å². The van der Waals surface area contributed by atoms with E-state index < -0.39 is 46.2 Å². The minimum atomic E-state index is -1.75. The molecule has 1 amide bonds. The summed E-state index contributed by atoms with van der Waals surface area (Å²) in [6.07, 6.45) is 5.59. The third-order valence-electron chi connectivity index (χ3n) is 6.11. The van der Waals surface area contributed by atoms with Crippen LogP contribution in [0.3, 0.4) is 0 Å². The molecule has 0 bridgehead atoms. The van der Waals surface area contributed by atoms with E-state index in [4.69, 9.17) is 9.47 Å². The molecule has 0 saturated heterocycles. The lowest BCUT2D eigenvalue weighted by atomic mass is 9.93. The molecule has 1 saturated carbocycles. The van der Waals surface area contributed by atoms with Crippen LogP contribution in [0.25, 0.3) is 12.2 Å². The SMILES string of the molecule is CC(C)(C)OC(=O)C(CNC(=O)c1ncc2c(c1O)=CCC(C#N)(Oc1c(F)cccc1F)C=2)C1CC1. The van der Waals surface area contributed by atoms with Gasteiger partial charge in [0.25, 0.3) is 5.91 Å². The standard InChI is InChI=1S/C27H27F2N3O5/c1-26(2,3)37-25(35)18(15-7-8-15)13-32-24(34)21-22(33)17-9-10-27(14-30,11-16(17)12-31-21)36-23-19(28)5-4-6-20(23)29/h4-6,9,11-12,15,18,33H,7-8,10,13H2,1-3H3,(H,32,34). The van der Waals surface area contributed by atoms with Crippen LogP contribution in [0.15, 0.2) is 24.4 Å². The number of carbonyl (C=O) groups is 2. The molecule has 2 atom stereocenters. The topological polar surface area (TPSA) is 122 Å². The fraction of sp³-hybridized carbons (Fsp3) is 0.407. The van der Waals surface area contributed by atoms with Crippen molar-refractivity contribution in [3.8, 4) is 17.6 Å². The van der Waals surface area contributed by atoms with Gasteiger partial charge in [-0.05, 0) is 57.7 Å². The predicted molar refractivity (Wildman–Crippen MR) is 128 cm³/mol. The van der Waals surface area contributed by atoms with Gasteiger partial charge in [0.1, 0.15) is 11.7 Å². The zero-order chi connectivity index (χ0) is 27.0. The average Bonchev–Trinajstić information content (AvgIpc) is 3.66. The van der Waals surface area contributed by atoms with Gasteiger partial charge in [0.05, 0.1) is 5.92 Å². The minimum Gasteiger partial charge on any atom is -0.505 e. The Kier molecular flexibility index (Phi) is 6.91. The van der Waals surface area contributed by atoms with Crippen LogP contribution in [0, 0.1) is 34.8 Å². The monoisotopic (exact) mass is 511 g/mol. The van der Waals surface area contributed by atoms with Crippen molar-refractivity contribution in [1.29, 1.82) is 5.26 Å². The highest BCUT2D eigenvalue weighted by Gasteiger charge is 2.39. The van der Waals surface area contributed by atoms with Crippen LogP contribution in [0.5, 0.6) is 11.5 Å². The molecule has 8 nitrogen and oxygen atoms in total. The van der Waals surface area contributed by atoms with E-state index in [9.17, 15) is 28.7 Å². The summed E-state index contributed by atoms with van der Waals surface area (Å²) in [7, 11) is 0. The number of ether oxygens (including phenoxy) is 2. The van der Waals surface area contributed by atoms with Gasteiger partial charge in [-0.15, -0.1) is 0 Å². The van der Waals surface area contributed by atoms with Crippen LogP contribution in [0.4, 0.5) is 8.78 Å². The number of carbonyl (C=O) groups excluding carboxylic acids is 2. The summed E-state index contributed by atoms with van der Waals surface area (Å²) in [4.78, 5) is 29.4. The smallest absolute Gasteiger partial charge is 0.311 e. The molecule has 2 aliphatic rings. The molecule has 2 aliphatic carbocycles. The first-order valence-corrected chi connectivity index (χ1v) is 11.9. The third-order valence-corrected chi connectivity index (χ3v) is 6.11. The van der Waals surface area contributed by atoms with Crippen LogP contribution in [-0.2, 0) is 9.53 Å². The Morgan fingerprint density at radius 1 is 1.30 bits per heavy atom. The molecule has 10 heteroatoms. The lowest BCUT2D eigenvalue weighted by Gasteiger charge is -2.26. The second-order valence-electron chi connectivity index (χ2n) is 10.2. The summed E-state index contributed by atoms with van der Waals surface area (Å²) in [6, 6.07) is 5.12. The van der Waals surface area contributed by atoms with Gasteiger partial charge in [0.2, 0.25) is 5.60 Å². The number of benzene rings is 1. The number of hydrogen-bond acceptors (Lipinski definition) is 7. The van der Waals surface area contributed by atoms with E-state index in [0.717, 1.165) is 25.0 Å². The van der Waals surface area contributed by atoms with Gasteiger partial charge in [-0.3, -0.25) is 9.59 Å². The fourth-order valence-electron chi connectivity index (χ4n) is 4.13. The van der Waals surface area contributed by atoms with Gasteiger partial charge in [0, 0.05) is 29.6 Å². The van der Waals surface area contributed by atoms with Gasteiger partial charge in [0.15, 0.2) is 28.8 Å². The molecular weight excluding hydrogens is 484 g/mol. The van der Waals surface area contributed by atoms with E-state index in [1.807, 2.05) is 6.07 Å². The third kappa shape index (κ3) is 5.71. The Bertz CT molecular complexity index is 1390. The van der Waals surface area contributed by atoms with Crippen LogP contribution in [-0.4, -0.2) is 39.7 Å². The Morgan fingerprint density at radius 2 is 1.97 bits per heavy atom. The van der Waals surface area contributed by atoms with E-state index in [-0.39, 0.29) is 41.0 Å². The molecular formula is C27H27F2N3O5. The maximum absolute atomic E-state index is 14.1. The molecule has 2 N–H and O–H groups in total. The lowest BCUT2D eigenvalue weighted by molar-refractivity contribution is -0.160. The van der Waals surface area contributed by atoms with Crippen molar-refractivity contribution in [2.75, 3.05) is 6.54 Å². The highest BCUT2D eigenvalue weighted by molar-refractivity contribution is 5.95. The van der Waals surface area contributed by atoms with Crippen molar-refractivity contribution in [3.05, 3.63) is 52.2 Å².